The van der Waals surface area contributed by atoms with Crippen LogP contribution in [0.15, 0.2) is 0 Å². The second-order valence-corrected chi connectivity index (χ2v) is 4.94. The molecule has 1 rings (SSSR count). The molecule has 0 saturated heterocycles. The van der Waals surface area contributed by atoms with Gasteiger partial charge in [-0.3, -0.25) is 4.79 Å². The molecule has 2 nitrogen and oxygen atoms in total. The van der Waals surface area contributed by atoms with E-state index >= 15 is 0 Å². The van der Waals surface area contributed by atoms with Gasteiger partial charge in [0.05, 0.1) is 0 Å². The zero-order chi connectivity index (χ0) is 11.1. The Morgan fingerprint density at radius 1 is 1.20 bits per heavy atom. The Labute approximate surface area is 93.4 Å². The summed E-state index contributed by atoms with van der Waals surface area (Å²) in [5.41, 5.74) is -0.151. The van der Waals surface area contributed by atoms with Crippen LogP contribution in [-0.2, 0) is 9.53 Å². The van der Waals surface area contributed by atoms with Crippen LogP contribution < -0.4 is 0 Å². The molecule has 0 atom stereocenters. The highest BCUT2D eigenvalue weighted by atomic mass is 16.6. The number of carbonyl (C=O) groups excluding carboxylic acids is 1. The van der Waals surface area contributed by atoms with E-state index in [2.05, 4.69) is 13.8 Å². The molecule has 0 bridgehead atoms. The van der Waals surface area contributed by atoms with Crippen LogP contribution in [0.5, 0.6) is 0 Å². The van der Waals surface area contributed by atoms with E-state index in [4.69, 9.17) is 4.74 Å². The maximum atomic E-state index is 11.6. The topological polar surface area (TPSA) is 26.3 Å². The van der Waals surface area contributed by atoms with Gasteiger partial charge in [0.25, 0.3) is 0 Å². The number of carbonyl (C=O) groups is 1. The molecule has 1 aliphatic rings. The van der Waals surface area contributed by atoms with Crippen molar-refractivity contribution < 1.29 is 9.53 Å². The molecule has 0 unspecified atom stereocenters. The van der Waals surface area contributed by atoms with Crippen molar-refractivity contribution in [2.24, 2.45) is 0 Å². The van der Waals surface area contributed by atoms with E-state index in [9.17, 15) is 4.79 Å². The molecule has 1 saturated carbocycles. The Kier molecular flexibility index (Phi) is 5.13. The minimum Gasteiger partial charge on any atom is -0.459 e. The lowest BCUT2D eigenvalue weighted by Gasteiger charge is -2.33. The van der Waals surface area contributed by atoms with Crippen LogP contribution in [0, 0.1) is 0 Å². The van der Waals surface area contributed by atoms with Crippen LogP contribution in [0.2, 0.25) is 0 Å². The first-order valence-corrected chi connectivity index (χ1v) is 6.38. The van der Waals surface area contributed by atoms with E-state index in [0.717, 1.165) is 32.1 Å². The van der Waals surface area contributed by atoms with Gasteiger partial charge in [0, 0.05) is 6.42 Å². The molecule has 0 aromatic heterocycles. The lowest BCUT2D eigenvalue weighted by Crippen LogP contribution is -2.33. The molecule has 15 heavy (non-hydrogen) atoms. The Morgan fingerprint density at radius 2 is 1.87 bits per heavy atom. The van der Waals surface area contributed by atoms with Crippen LogP contribution in [0.25, 0.3) is 0 Å². The van der Waals surface area contributed by atoms with Crippen molar-refractivity contribution in [2.45, 2.75) is 77.2 Å². The largest absolute Gasteiger partial charge is 0.459 e. The van der Waals surface area contributed by atoms with Gasteiger partial charge in [-0.25, -0.2) is 0 Å². The fraction of sp³-hybridized carbons (Fsp3) is 0.923. The maximum absolute atomic E-state index is 11.6. The van der Waals surface area contributed by atoms with Gasteiger partial charge in [0.1, 0.15) is 5.60 Å². The predicted molar refractivity (Wildman–Crippen MR) is 61.7 cm³/mol. The van der Waals surface area contributed by atoms with Crippen molar-refractivity contribution in [1.82, 2.24) is 0 Å². The summed E-state index contributed by atoms with van der Waals surface area (Å²) in [5.74, 6) is 0.00727. The minimum absolute atomic E-state index is 0.00727. The maximum Gasteiger partial charge on any atom is 0.306 e. The summed E-state index contributed by atoms with van der Waals surface area (Å²) in [6.07, 6.45) is 9.67. The third-order valence-corrected chi connectivity index (χ3v) is 3.26. The van der Waals surface area contributed by atoms with Crippen LogP contribution in [0.1, 0.15) is 71.6 Å². The Hall–Kier alpha value is -0.530. The number of unbranched alkanes of at least 4 members (excludes halogenated alkanes) is 2. The van der Waals surface area contributed by atoms with Gasteiger partial charge in [-0.1, -0.05) is 26.2 Å². The lowest BCUT2D eigenvalue weighted by atomic mass is 9.86. The molecule has 0 N–H and O–H groups in total. The Bertz CT molecular complexity index is 193. The zero-order valence-electron chi connectivity index (χ0n) is 10.2. The van der Waals surface area contributed by atoms with E-state index in [1.807, 2.05) is 0 Å². The van der Waals surface area contributed by atoms with Gasteiger partial charge in [0.2, 0.25) is 0 Å². The van der Waals surface area contributed by atoms with Gasteiger partial charge < -0.3 is 4.74 Å². The summed E-state index contributed by atoms with van der Waals surface area (Å²) in [7, 11) is 0. The van der Waals surface area contributed by atoms with Crippen molar-refractivity contribution in [3.63, 3.8) is 0 Å². The molecule has 0 aliphatic heterocycles. The van der Waals surface area contributed by atoms with Crippen LogP contribution in [0.4, 0.5) is 0 Å². The first kappa shape index (κ1) is 12.5. The highest BCUT2D eigenvalue weighted by Crippen LogP contribution is 2.31. The first-order valence-electron chi connectivity index (χ1n) is 6.38. The number of hydrogen-bond donors (Lipinski definition) is 0. The molecule has 0 spiro atoms. The van der Waals surface area contributed by atoms with Gasteiger partial charge in [-0.2, -0.15) is 0 Å². The third kappa shape index (κ3) is 4.67. The monoisotopic (exact) mass is 212 g/mol. The molecule has 0 heterocycles. The second kappa shape index (κ2) is 6.14. The van der Waals surface area contributed by atoms with Crippen molar-refractivity contribution >= 4 is 5.97 Å². The van der Waals surface area contributed by atoms with Gasteiger partial charge in [0.15, 0.2) is 0 Å². The summed E-state index contributed by atoms with van der Waals surface area (Å²) in [6, 6.07) is 0. The van der Waals surface area contributed by atoms with Crippen molar-refractivity contribution in [3.05, 3.63) is 0 Å². The Morgan fingerprint density at radius 3 is 2.47 bits per heavy atom. The minimum atomic E-state index is -0.151. The lowest BCUT2D eigenvalue weighted by molar-refractivity contribution is -0.161. The molecular formula is C13H24O2. The number of esters is 1. The average Bonchev–Trinajstić information content (AvgIpc) is 2.18. The van der Waals surface area contributed by atoms with Crippen LogP contribution in [0.3, 0.4) is 0 Å². The molecule has 1 aliphatic carbocycles. The van der Waals surface area contributed by atoms with Crippen LogP contribution >= 0.6 is 0 Å². The summed E-state index contributed by atoms with van der Waals surface area (Å²) in [4.78, 5) is 11.6. The highest BCUT2D eigenvalue weighted by molar-refractivity contribution is 5.69. The zero-order valence-corrected chi connectivity index (χ0v) is 10.2. The van der Waals surface area contributed by atoms with E-state index in [0.29, 0.717) is 6.42 Å². The fourth-order valence-electron chi connectivity index (χ4n) is 2.25. The quantitative estimate of drug-likeness (QED) is 0.511. The smallest absolute Gasteiger partial charge is 0.306 e. The van der Waals surface area contributed by atoms with Gasteiger partial charge in [-0.05, 0) is 39.0 Å². The van der Waals surface area contributed by atoms with Crippen molar-refractivity contribution in [1.29, 1.82) is 0 Å². The van der Waals surface area contributed by atoms with Gasteiger partial charge >= 0.3 is 5.97 Å². The molecule has 2 heteroatoms. The van der Waals surface area contributed by atoms with Crippen molar-refractivity contribution in [3.8, 4) is 0 Å². The fourth-order valence-corrected chi connectivity index (χ4v) is 2.25. The average molecular weight is 212 g/mol. The van der Waals surface area contributed by atoms with Gasteiger partial charge in [-0.15, -0.1) is 0 Å². The number of ether oxygens (including phenoxy) is 1. The first-order chi connectivity index (χ1) is 7.16. The standard InChI is InChI=1S/C13H24O2/c1-3-4-6-9-12(14)15-13(2)10-7-5-8-11-13/h3-11H2,1-2H3. The van der Waals surface area contributed by atoms with E-state index in [1.54, 1.807) is 0 Å². The highest BCUT2D eigenvalue weighted by Gasteiger charge is 2.30. The molecule has 0 aromatic carbocycles. The van der Waals surface area contributed by atoms with Crippen LogP contribution in [-0.4, -0.2) is 11.6 Å². The van der Waals surface area contributed by atoms with Crippen molar-refractivity contribution in [2.75, 3.05) is 0 Å². The molecule has 0 amide bonds. The summed E-state index contributed by atoms with van der Waals surface area (Å²) in [5, 5.41) is 0. The predicted octanol–water partition coefficient (Wildman–Crippen LogP) is 3.83. The molecule has 0 radical (unpaired) electrons. The number of rotatable bonds is 5. The molecule has 88 valence electrons. The van der Waals surface area contributed by atoms with E-state index in [-0.39, 0.29) is 11.6 Å². The van der Waals surface area contributed by atoms with E-state index in [1.165, 1.54) is 19.3 Å². The summed E-state index contributed by atoms with van der Waals surface area (Å²) in [6.45, 7) is 4.23. The summed E-state index contributed by atoms with van der Waals surface area (Å²) >= 11 is 0. The summed E-state index contributed by atoms with van der Waals surface area (Å²) < 4.78 is 5.59. The normalized spacial score (nSPS) is 19.9. The molecule has 0 aromatic rings. The Balaban J connectivity index is 2.23. The molecular weight excluding hydrogens is 188 g/mol. The second-order valence-electron chi connectivity index (χ2n) is 4.94. The van der Waals surface area contributed by atoms with E-state index < -0.39 is 0 Å². The molecule has 1 fully saturated rings. The number of hydrogen-bond acceptors (Lipinski definition) is 2. The SMILES string of the molecule is CCCCCC(=O)OC1(C)CCCCC1. The third-order valence-electron chi connectivity index (χ3n) is 3.26.